The van der Waals surface area contributed by atoms with Crippen molar-refractivity contribution in [2.75, 3.05) is 42.6 Å². The predicted molar refractivity (Wildman–Crippen MR) is 157 cm³/mol. The molecule has 2 aliphatic rings. The summed E-state index contributed by atoms with van der Waals surface area (Å²) in [7, 11) is 3.45. The fourth-order valence-electron chi connectivity index (χ4n) is 4.97. The van der Waals surface area contributed by atoms with E-state index in [9.17, 15) is 9.59 Å². The first kappa shape index (κ1) is 27.6. The van der Waals surface area contributed by atoms with Crippen LogP contribution in [0, 0.1) is 0 Å². The number of aromatic nitrogens is 1. The lowest BCUT2D eigenvalue weighted by molar-refractivity contribution is -0.697. The van der Waals surface area contributed by atoms with Gasteiger partial charge in [0.1, 0.15) is 0 Å². The molecule has 0 unspecified atom stereocenters. The zero-order valence-corrected chi connectivity index (χ0v) is 23.5. The van der Waals surface area contributed by atoms with Crippen molar-refractivity contribution in [2.24, 2.45) is 0 Å². The fourth-order valence-corrected chi connectivity index (χ4v) is 6.78. The van der Waals surface area contributed by atoms with E-state index in [1.54, 1.807) is 21.6 Å². The van der Waals surface area contributed by atoms with Gasteiger partial charge in [-0.25, -0.2) is 0 Å². The summed E-state index contributed by atoms with van der Waals surface area (Å²) < 4.78 is 2.15. The number of hydrogen-bond acceptors (Lipinski definition) is 5. The highest BCUT2D eigenvalue weighted by Gasteiger charge is 2.23. The molecule has 2 amide bonds. The lowest BCUT2D eigenvalue weighted by atomic mass is 9.90. The maximum Gasteiger partial charge on any atom is 0.226 e. The predicted octanol–water partition coefficient (Wildman–Crippen LogP) is 4.26. The van der Waals surface area contributed by atoms with Crippen LogP contribution in [0.15, 0.2) is 36.5 Å². The standard InChI is InChI=1S/C29H38N4O2S2/c1-2-27(34)30-13-19-36-37-20-14-31-28(35)12-18-32-15-4-3-9-26(32)11-10-23-21-24-7-5-16-33-17-6-8-25(22-23)29(24)33/h3-4,9-11,15,21-22H,2,5-8,12-14,16-20H2,1H3,(H-,30,31,34,35)/p+1. The zero-order valence-electron chi connectivity index (χ0n) is 21.8. The number of rotatable bonds is 13. The fraction of sp³-hybridized carbons (Fsp3) is 0.483. The molecule has 4 rings (SSSR count). The van der Waals surface area contributed by atoms with Gasteiger partial charge in [-0.3, -0.25) is 9.59 Å². The Morgan fingerprint density at radius 3 is 2.32 bits per heavy atom. The van der Waals surface area contributed by atoms with Crippen molar-refractivity contribution in [3.05, 3.63) is 58.9 Å². The number of aryl methyl sites for hydroxylation is 3. The average molecular weight is 540 g/mol. The van der Waals surface area contributed by atoms with Gasteiger partial charge in [-0.2, -0.15) is 4.57 Å². The van der Waals surface area contributed by atoms with Crippen molar-refractivity contribution in [1.82, 2.24) is 10.6 Å². The van der Waals surface area contributed by atoms with Crippen LogP contribution < -0.4 is 20.1 Å². The number of amides is 2. The summed E-state index contributed by atoms with van der Waals surface area (Å²) >= 11 is 0. The molecular formula is C29H39N4O2S2+. The van der Waals surface area contributed by atoms with E-state index in [-0.39, 0.29) is 11.8 Å². The van der Waals surface area contributed by atoms with Crippen molar-refractivity contribution in [3.63, 3.8) is 0 Å². The Bertz CT molecular complexity index is 1070. The molecule has 0 saturated carbocycles. The van der Waals surface area contributed by atoms with Crippen LogP contribution in [0.5, 0.6) is 0 Å². The molecule has 0 fully saturated rings. The number of anilines is 1. The van der Waals surface area contributed by atoms with Crippen LogP contribution in [-0.2, 0) is 29.0 Å². The molecule has 2 N–H and O–H groups in total. The van der Waals surface area contributed by atoms with Gasteiger partial charge in [0.25, 0.3) is 0 Å². The van der Waals surface area contributed by atoms with Crippen LogP contribution in [-0.4, -0.2) is 49.5 Å². The highest BCUT2D eigenvalue weighted by Crippen LogP contribution is 2.36. The van der Waals surface area contributed by atoms with E-state index in [4.69, 9.17) is 0 Å². The third-order valence-electron chi connectivity index (χ3n) is 6.78. The quantitative estimate of drug-likeness (QED) is 0.226. The van der Waals surface area contributed by atoms with E-state index >= 15 is 0 Å². The molecule has 0 radical (unpaired) electrons. The number of nitrogens with zero attached hydrogens (tertiary/aromatic N) is 2. The van der Waals surface area contributed by atoms with Crippen LogP contribution in [0.4, 0.5) is 5.69 Å². The third-order valence-corrected chi connectivity index (χ3v) is 9.18. The summed E-state index contributed by atoms with van der Waals surface area (Å²) in [6, 6.07) is 10.9. The Kier molecular flexibility index (Phi) is 10.8. The molecule has 0 bridgehead atoms. The van der Waals surface area contributed by atoms with Crippen LogP contribution in [0.25, 0.3) is 12.2 Å². The monoisotopic (exact) mass is 539 g/mol. The van der Waals surface area contributed by atoms with Crippen molar-refractivity contribution in [3.8, 4) is 0 Å². The molecule has 0 aliphatic carbocycles. The van der Waals surface area contributed by atoms with Gasteiger partial charge >= 0.3 is 0 Å². The molecule has 2 aromatic rings. The molecule has 37 heavy (non-hydrogen) atoms. The smallest absolute Gasteiger partial charge is 0.226 e. The van der Waals surface area contributed by atoms with Crippen LogP contribution in [0.1, 0.15) is 55.0 Å². The molecule has 2 aliphatic heterocycles. The van der Waals surface area contributed by atoms with E-state index < -0.39 is 0 Å². The molecule has 0 atom stereocenters. The highest BCUT2D eigenvalue weighted by atomic mass is 33.1. The normalized spacial score (nSPS) is 14.5. The minimum Gasteiger partial charge on any atom is -0.371 e. The van der Waals surface area contributed by atoms with Gasteiger partial charge in [0.2, 0.25) is 17.5 Å². The summed E-state index contributed by atoms with van der Waals surface area (Å²) in [6.07, 6.45) is 12.3. The van der Waals surface area contributed by atoms with Crippen molar-refractivity contribution >= 4 is 51.2 Å². The Balaban J connectivity index is 1.23. The third kappa shape index (κ3) is 8.27. The SMILES string of the molecule is CCC(=O)NCCSSCCNC(=O)CC[n+]1ccccc1/C=C/c1cc2c3c(c1)CCCN3CCC2. The van der Waals surface area contributed by atoms with E-state index in [1.165, 1.54) is 61.2 Å². The largest absolute Gasteiger partial charge is 0.371 e. The van der Waals surface area contributed by atoms with Gasteiger partial charge in [0.15, 0.2) is 12.7 Å². The van der Waals surface area contributed by atoms with Crippen molar-refractivity contribution < 1.29 is 14.2 Å². The first-order valence-corrected chi connectivity index (χ1v) is 16.0. The molecule has 6 nitrogen and oxygen atoms in total. The summed E-state index contributed by atoms with van der Waals surface area (Å²) in [4.78, 5) is 26.2. The number of benzene rings is 1. The summed E-state index contributed by atoms with van der Waals surface area (Å²) in [5, 5.41) is 5.89. The van der Waals surface area contributed by atoms with Crippen LogP contribution in [0.2, 0.25) is 0 Å². The zero-order chi connectivity index (χ0) is 25.9. The van der Waals surface area contributed by atoms with Gasteiger partial charge in [-0.15, -0.1) is 0 Å². The molecule has 198 valence electrons. The molecule has 8 heteroatoms. The van der Waals surface area contributed by atoms with Crippen molar-refractivity contribution in [1.29, 1.82) is 0 Å². The van der Waals surface area contributed by atoms with Crippen LogP contribution in [0.3, 0.4) is 0 Å². The number of carbonyl (C=O) groups is 2. The average Bonchev–Trinajstić information content (AvgIpc) is 2.92. The molecule has 1 aromatic carbocycles. The second-order valence-electron chi connectivity index (χ2n) is 9.48. The van der Waals surface area contributed by atoms with Crippen molar-refractivity contribution in [2.45, 2.75) is 52.0 Å². The lowest BCUT2D eigenvalue weighted by Crippen LogP contribution is -2.39. The molecule has 0 spiro atoms. The first-order valence-electron chi connectivity index (χ1n) is 13.5. The van der Waals surface area contributed by atoms with Gasteiger partial charge in [-0.05, 0) is 66.6 Å². The number of hydrogen-bond donors (Lipinski definition) is 2. The molecule has 1 aromatic heterocycles. The van der Waals surface area contributed by atoms with Gasteiger partial charge in [0, 0.05) is 68.0 Å². The Labute approximate surface area is 229 Å². The summed E-state index contributed by atoms with van der Waals surface area (Å²) in [5.41, 5.74) is 6.88. The minimum atomic E-state index is 0.0745. The van der Waals surface area contributed by atoms with E-state index in [0.29, 0.717) is 32.5 Å². The van der Waals surface area contributed by atoms with Gasteiger partial charge in [-0.1, -0.05) is 28.5 Å². The maximum absolute atomic E-state index is 12.4. The summed E-state index contributed by atoms with van der Waals surface area (Å²) in [6.45, 7) is 6.24. The van der Waals surface area contributed by atoms with E-state index in [0.717, 1.165) is 17.2 Å². The summed E-state index contributed by atoms with van der Waals surface area (Å²) in [5.74, 6) is 1.89. The molecule has 3 heterocycles. The van der Waals surface area contributed by atoms with E-state index in [1.807, 2.05) is 25.3 Å². The Morgan fingerprint density at radius 2 is 1.65 bits per heavy atom. The molecular weight excluding hydrogens is 500 g/mol. The van der Waals surface area contributed by atoms with Gasteiger partial charge < -0.3 is 15.5 Å². The highest BCUT2D eigenvalue weighted by molar-refractivity contribution is 8.76. The first-order chi connectivity index (χ1) is 18.1. The second kappa shape index (κ2) is 14.5. The topological polar surface area (TPSA) is 65.3 Å². The maximum atomic E-state index is 12.4. The minimum absolute atomic E-state index is 0.0745. The Morgan fingerprint density at radius 1 is 0.973 bits per heavy atom. The second-order valence-corrected chi connectivity index (χ2v) is 12.2. The number of pyridine rings is 1. The number of carbonyl (C=O) groups excluding carboxylic acids is 2. The van der Waals surface area contributed by atoms with E-state index in [2.05, 4.69) is 50.5 Å². The Hall–Kier alpha value is -2.45. The lowest BCUT2D eigenvalue weighted by Gasteiger charge is -2.37. The number of nitrogens with one attached hydrogen (secondary N) is 2. The van der Waals surface area contributed by atoms with Gasteiger partial charge in [0.05, 0.1) is 6.42 Å². The molecule has 0 saturated heterocycles. The van der Waals surface area contributed by atoms with Crippen LogP contribution >= 0.6 is 21.6 Å².